The maximum absolute atomic E-state index is 11.8. The van der Waals surface area contributed by atoms with Crippen molar-refractivity contribution in [3.8, 4) is 5.75 Å². The Morgan fingerprint density at radius 1 is 1.00 bits per heavy atom. The molecule has 0 atom stereocenters. The molecule has 0 aromatic heterocycles. The Kier molecular flexibility index (Phi) is 7.22. The third kappa shape index (κ3) is 5.62. The van der Waals surface area contributed by atoms with Gasteiger partial charge in [0.1, 0.15) is 5.75 Å². The second-order valence-corrected chi connectivity index (χ2v) is 6.07. The molecule has 0 saturated carbocycles. The van der Waals surface area contributed by atoms with Crippen LogP contribution in [-0.2, 0) is 12.8 Å². The van der Waals surface area contributed by atoms with Gasteiger partial charge < -0.3 is 15.4 Å². The number of halogens is 2. The zero-order valence-electron chi connectivity index (χ0n) is 13.4. The maximum Gasteiger partial charge on any atom is 0.314 e. The summed E-state index contributed by atoms with van der Waals surface area (Å²) in [5.41, 5.74) is 2.02. The van der Waals surface area contributed by atoms with Gasteiger partial charge in [0.25, 0.3) is 0 Å². The summed E-state index contributed by atoms with van der Waals surface area (Å²) in [4.78, 5) is 11.8. The molecule has 2 aromatic carbocycles. The molecule has 2 amide bonds. The molecule has 6 heteroatoms. The van der Waals surface area contributed by atoms with E-state index < -0.39 is 0 Å². The third-order valence-electron chi connectivity index (χ3n) is 3.57. The Morgan fingerprint density at radius 3 is 2.33 bits per heavy atom. The highest BCUT2D eigenvalue weighted by molar-refractivity contribution is 6.35. The van der Waals surface area contributed by atoms with Crippen molar-refractivity contribution in [2.75, 3.05) is 20.2 Å². The Morgan fingerprint density at radius 2 is 1.67 bits per heavy atom. The number of hydrogen-bond donors (Lipinski definition) is 2. The quantitative estimate of drug-likeness (QED) is 0.775. The van der Waals surface area contributed by atoms with Gasteiger partial charge in [-0.2, -0.15) is 0 Å². The first-order chi connectivity index (χ1) is 11.6. The highest BCUT2D eigenvalue weighted by atomic mass is 35.5. The van der Waals surface area contributed by atoms with Crippen molar-refractivity contribution in [1.82, 2.24) is 10.6 Å². The van der Waals surface area contributed by atoms with Gasteiger partial charge in [-0.25, -0.2) is 4.79 Å². The Labute approximate surface area is 152 Å². The number of hydrogen-bond acceptors (Lipinski definition) is 2. The lowest BCUT2D eigenvalue weighted by molar-refractivity contribution is 0.241. The molecule has 2 aromatic rings. The average Bonchev–Trinajstić information content (AvgIpc) is 2.57. The lowest BCUT2D eigenvalue weighted by atomic mass is 10.1. The Bertz CT molecular complexity index is 692. The highest BCUT2D eigenvalue weighted by Gasteiger charge is 2.05. The van der Waals surface area contributed by atoms with Crippen LogP contribution in [-0.4, -0.2) is 26.2 Å². The van der Waals surface area contributed by atoms with Gasteiger partial charge in [0, 0.05) is 23.1 Å². The summed E-state index contributed by atoms with van der Waals surface area (Å²) >= 11 is 12.0. The van der Waals surface area contributed by atoms with Crippen LogP contribution >= 0.6 is 23.2 Å². The smallest absolute Gasteiger partial charge is 0.314 e. The van der Waals surface area contributed by atoms with Crippen LogP contribution in [0.5, 0.6) is 5.75 Å². The third-order valence-corrected chi connectivity index (χ3v) is 4.15. The Hall–Kier alpha value is -1.91. The fourth-order valence-electron chi connectivity index (χ4n) is 2.32. The zero-order chi connectivity index (χ0) is 17.4. The van der Waals surface area contributed by atoms with Gasteiger partial charge in [0.2, 0.25) is 0 Å². The van der Waals surface area contributed by atoms with E-state index in [1.54, 1.807) is 19.2 Å². The number of urea groups is 1. The van der Waals surface area contributed by atoms with E-state index in [2.05, 4.69) is 10.6 Å². The summed E-state index contributed by atoms with van der Waals surface area (Å²) in [5, 5.41) is 6.86. The van der Waals surface area contributed by atoms with Crippen LogP contribution in [0, 0.1) is 0 Å². The van der Waals surface area contributed by atoms with E-state index >= 15 is 0 Å². The summed E-state index contributed by atoms with van der Waals surface area (Å²) in [6, 6.07) is 12.9. The van der Waals surface area contributed by atoms with Gasteiger partial charge >= 0.3 is 6.03 Å². The second kappa shape index (κ2) is 9.40. The molecular weight excluding hydrogens is 347 g/mol. The molecule has 0 bridgehead atoms. The molecule has 2 rings (SSSR count). The van der Waals surface area contributed by atoms with Crippen LogP contribution in [0.2, 0.25) is 10.0 Å². The fourth-order valence-corrected chi connectivity index (χ4v) is 2.82. The molecule has 0 aliphatic rings. The zero-order valence-corrected chi connectivity index (χ0v) is 15.0. The van der Waals surface area contributed by atoms with Gasteiger partial charge in [-0.1, -0.05) is 47.5 Å². The summed E-state index contributed by atoms with van der Waals surface area (Å²) in [6.07, 6.45) is 1.36. The number of ether oxygens (including phenoxy) is 1. The first kappa shape index (κ1) is 18.4. The van der Waals surface area contributed by atoms with E-state index in [1.807, 2.05) is 30.3 Å². The van der Waals surface area contributed by atoms with Crippen molar-refractivity contribution in [2.24, 2.45) is 0 Å². The van der Waals surface area contributed by atoms with E-state index in [9.17, 15) is 4.79 Å². The van der Waals surface area contributed by atoms with Crippen LogP contribution < -0.4 is 15.4 Å². The minimum absolute atomic E-state index is 0.199. The summed E-state index contributed by atoms with van der Waals surface area (Å²) in [7, 11) is 1.64. The standard InChI is InChI=1S/C18H20Cl2N2O2/c1-24-17-5-3-2-4-14(17)9-11-22-18(23)21-10-8-13-6-7-15(19)12-16(13)20/h2-7,12H,8-11H2,1H3,(H2,21,22,23). The molecule has 0 heterocycles. The average molecular weight is 367 g/mol. The molecule has 4 nitrogen and oxygen atoms in total. The molecule has 128 valence electrons. The van der Waals surface area contributed by atoms with Crippen molar-refractivity contribution < 1.29 is 9.53 Å². The van der Waals surface area contributed by atoms with E-state index in [1.165, 1.54) is 0 Å². The number of carbonyl (C=O) groups excluding carboxylic acids is 1. The predicted octanol–water partition coefficient (Wildman–Crippen LogP) is 4.09. The van der Waals surface area contributed by atoms with Gasteiger partial charge in [0.05, 0.1) is 7.11 Å². The molecule has 0 aliphatic heterocycles. The van der Waals surface area contributed by atoms with Crippen molar-refractivity contribution in [2.45, 2.75) is 12.8 Å². The molecular formula is C18H20Cl2N2O2. The summed E-state index contributed by atoms with van der Waals surface area (Å²) in [6.45, 7) is 1.04. The van der Waals surface area contributed by atoms with Crippen molar-refractivity contribution in [1.29, 1.82) is 0 Å². The maximum atomic E-state index is 11.8. The monoisotopic (exact) mass is 366 g/mol. The second-order valence-electron chi connectivity index (χ2n) is 5.23. The number of para-hydroxylation sites is 1. The number of nitrogens with one attached hydrogen (secondary N) is 2. The number of carbonyl (C=O) groups is 1. The number of benzene rings is 2. The van der Waals surface area contributed by atoms with Gasteiger partial charge in [-0.15, -0.1) is 0 Å². The van der Waals surface area contributed by atoms with Crippen molar-refractivity contribution in [3.63, 3.8) is 0 Å². The summed E-state index contributed by atoms with van der Waals surface area (Å²) < 4.78 is 5.29. The predicted molar refractivity (Wildman–Crippen MR) is 98.3 cm³/mol. The summed E-state index contributed by atoms with van der Waals surface area (Å²) in [5.74, 6) is 0.831. The number of methoxy groups -OCH3 is 1. The molecule has 0 fully saturated rings. The first-order valence-corrected chi connectivity index (χ1v) is 8.43. The number of amides is 2. The topological polar surface area (TPSA) is 50.4 Å². The Balaban J connectivity index is 1.70. The van der Waals surface area contributed by atoms with Crippen LogP contribution in [0.3, 0.4) is 0 Å². The van der Waals surface area contributed by atoms with E-state index in [0.717, 1.165) is 16.9 Å². The van der Waals surface area contributed by atoms with E-state index in [0.29, 0.717) is 36.0 Å². The van der Waals surface area contributed by atoms with Crippen LogP contribution in [0.1, 0.15) is 11.1 Å². The SMILES string of the molecule is COc1ccccc1CCNC(=O)NCCc1ccc(Cl)cc1Cl. The molecule has 0 aliphatic carbocycles. The van der Waals surface area contributed by atoms with Gasteiger partial charge in [0.15, 0.2) is 0 Å². The first-order valence-electron chi connectivity index (χ1n) is 7.67. The lowest BCUT2D eigenvalue weighted by Crippen LogP contribution is -2.37. The molecule has 2 N–H and O–H groups in total. The molecule has 0 unspecified atom stereocenters. The van der Waals surface area contributed by atoms with E-state index in [4.69, 9.17) is 27.9 Å². The van der Waals surface area contributed by atoms with Crippen LogP contribution in [0.15, 0.2) is 42.5 Å². The van der Waals surface area contributed by atoms with Crippen molar-refractivity contribution >= 4 is 29.2 Å². The normalized spacial score (nSPS) is 10.3. The van der Waals surface area contributed by atoms with Crippen LogP contribution in [0.4, 0.5) is 4.79 Å². The lowest BCUT2D eigenvalue weighted by Gasteiger charge is -2.10. The van der Waals surface area contributed by atoms with Crippen molar-refractivity contribution in [3.05, 3.63) is 63.6 Å². The molecule has 0 radical (unpaired) electrons. The molecule has 0 saturated heterocycles. The molecule has 24 heavy (non-hydrogen) atoms. The minimum Gasteiger partial charge on any atom is -0.496 e. The van der Waals surface area contributed by atoms with Gasteiger partial charge in [-0.05, 0) is 42.2 Å². The number of rotatable bonds is 7. The fraction of sp³-hybridized carbons (Fsp3) is 0.278. The highest BCUT2D eigenvalue weighted by Crippen LogP contribution is 2.21. The van der Waals surface area contributed by atoms with Gasteiger partial charge in [-0.3, -0.25) is 0 Å². The van der Waals surface area contributed by atoms with Crippen LogP contribution in [0.25, 0.3) is 0 Å². The van der Waals surface area contributed by atoms with E-state index in [-0.39, 0.29) is 6.03 Å². The molecule has 0 spiro atoms. The largest absolute Gasteiger partial charge is 0.496 e. The minimum atomic E-state index is -0.199.